The number of likely N-dealkylation sites (tertiary alicyclic amines) is 1. The van der Waals surface area contributed by atoms with Gasteiger partial charge >= 0.3 is 0 Å². The highest BCUT2D eigenvalue weighted by atomic mass is 16.5. The van der Waals surface area contributed by atoms with Crippen LogP contribution in [0.15, 0.2) is 36.7 Å². The molecule has 2 fully saturated rings. The Morgan fingerprint density at radius 1 is 1.18 bits per heavy atom. The zero-order valence-electron chi connectivity index (χ0n) is 16.3. The highest BCUT2D eigenvalue weighted by Crippen LogP contribution is 2.33. The van der Waals surface area contributed by atoms with Crippen molar-refractivity contribution in [2.75, 3.05) is 26.3 Å². The minimum atomic E-state index is 0.0948. The van der Waals surface area contributed by atoms with Crippen LogP contribution >= 0.6 is 0 Å². The van der Waals surface area contributed by atoms with E-state index in [1.54, 1.807) is 12.4 Å². The van der Waals surface area contributed by atoms with Gasteiger partial charge in [0.15, 0.2) is 0 Å². The van der Waals surface area contributed by atoms with Crippen molar-refractivity contribution in [2.45, 2.75) is 38.5 Å². The van der Waals surface area contributed by atoms with E-state index in [2.05, 4.69) is 9.97 Å². The first kappa shape index (κ1) is 18.9. The zero-order valence-corrected chi connectivity index (χ0v) is 16.3. The van der Waals surface area contributed by atoms with E-state index in [-0.39, 0.29) is 17.7 Å². The van der Waals surface area contributed by atoms with E-state index >= 15 is 0 Å². The van der Waals surface area contributed by atoms with E-state index < -0.39 is 0 Å². The summed E-state index contributed by atoms with van der Waals surface area (Å²) in [6.07, 6.45) is 6.97. The van der Waals surface area contributed by atoms with Crippen molar-refractivity contribution in [1.29, 1.82) is 0 Å². The molecule has 1 atom stereocenters. The van der Waals surface area contributed by atoms with Gasteiger partial charge in [-0.2, -0.15) is 0 Å². The van der Waals surface area contributed by atoms with E-state index in [1.165, 1.54) is 0 Å². The first-order chi connectivity index (χ1) is 13.7. The van der Waals surface area contributed by atoms with Crippen LogP contribution < -0.4 is 4.74 Å². The lowest BCUT2D eigenvalue weighted by atomic mass is 9.92. The van der Waals surface area contributed by atoms with Crippen molar-refractivity contribution in [3.8, 4) is 11.6 Å². The molecular weight excluding hydrogens is 354 g/mol. The third-order valence-corrected chi connectivity index (χ3v) is 5.59. The molecule has 6 nitrogen and oxygen atoms in total. The van der Waals surface area contributed by atoms with Crippen LogP contribution in [0.3, 0.4) is 0 Å². The Kier molecular flexibility index (Phi) is 5.86. The van der Waals surface area contributed by atoms with Crippen molar-refractivity contribution in [3.63, 3.8) is 0 Å². The first-order valence-electron chi connectivity index (χ1n) is 10.1. The average Bonchev–Trinajstić information content (AvgIpc) is 2.74. The number of benzene rings is 1. The van der Waals surface area contributed by atoms with Crippen LogP contribution in [0, 0.1) is 12.8 Å². The van der Waals surface area contributed by atoms with Gasteiger partial charge in [-0.3, -0.25) is 9.78 Å². The summed E-state index contributed by atoms with van der Waals surface area (Å²) >= 11 is 0. The van der Waals surface area contributed by atoms with Gasteiger partial charge in [0.2, 0.25) is 11.8 Å². The molecule has 0 bridgehead atoms. The van der Waals surface area contributed by atoms with Gasteiger partial charge in [0.1, 0.15) is 11.4 Å². The maximum Gasteiger partial charge on any atom is 0.241 e. The molecule has 2 aliphatic heterocycles. The van der Waals surface area contributed by atoms with Crippen LogP contribution in [0.25, 0.3) is 0 Å². The largest absolute Gasteiger partial charge is 0.437 e. The van der Waals surface area contributed by atoms with E-state index in [0.717, 1.165) is 49.2 Å². The summed E-state index contributed by atoms with van der Waals surface area (Å²) in [6.45, 7) is 4.91. The quantitative estimate of drug-likeness (QED) is 0.808. The molecule has 3 heterocycles. The Bertz CT molecular complexity index is 820. The van der Waals surface area contributed by atoms with Gasteiger partial charge < -0.3 is 14.4 Å². The SMILES string of the molecule is Cc1cccc(Oc2nccnc2C2CCCN(C(=O)C3CCOCC3)C2)c1. The normalized spacial score (nSPS) is 20.8. The van der Waals surface area contributed by atoms with Gasteiger partial charge in [-0.15, -0.1) is 0 Å². The molecule has 28 heavy (non-hydrogen) atoms. The van der Waals surface area contributed by atoms with Crippen LogP contribution in [0.1, 0.15) is 42.9 Å². The standard InChI is InChI=1S/C22H27N3O3/c1-16-4-2-6-19(14-16)28-21-20(23-9-10-24-21)18-5-3-11-25(15-18)22(26)17-7-12-27-13-8-17/h2,4,6,9-10,14,17-18H,3,5,7-8,11-13,15H2,1H3. The molecule has 0 aliphatic carbocycles. The Balaban J connectivity index is 1.50. The fourth-order valence-electron chi connectivity index (χ4n) is 4.09. The number of piperidine rings is 1. The van der Waals surface area contributed by atoms with Gasteiger partial charge in [-0.25, -0.2) is 4.98 Å². The molecule has 0 radical (unpaired) electrons. The number of hydrogen-bond acceptors (Lipinski definition) is 5. The van der Waals surface area contributed by atoms with Crippen LogP contribution in [0.4, 0.5) is 0 Å². The van der Waals surface area contributed by atoms with Crippen LogP contribution in [0.5, 0.6) is 11.6 Å². The van der Waals surface area contributed by atoms with E-state index in [4.69, 9.17) is 9.47 Å². The number of carbonyl (C=O) groups excluding carboxylic acids is 1. The minimum absolute atomic E-state index is 0.0948. The molecule has 148 valence electrons. The fourth-order valence-corrected chi connectivity index (χ4v) is 4.09. The smallest absolute Gasteiger partial charge is 0.241 e. The molecule has 1 aromatic carbocycles. The maximum absolute atomic E-state index is 12.9. The number of aryl methyl sites for hydroxylation is 1. The van der Waals surface area contributed by atoms with Crippen molar-refractivity contribution >= 4 is 5.91 Å². The molecule has 0 saturated carbocycles. The topological polar surface area (TPSA) is 64.6 Å². The Morgan fingerprint density at radius 2 is 2.00 bits per heavy atom. The second-order valence-corrected chi connectivity index (χ2v) is 7.68. The Morgan fingerprint density at radius 3 is 2.82 bits per heavy atom. The molecule has 2 saturated heterocycles. The predicted octanol–water partition coefficient (Wildman–Crippen LogP) is 3.71. The van der Waals surface area contributed by atoms with Crippen molar-refractivity contribution in [3.05, 3.63) is 47.9 Å². The summed E-state index contributed by atoms with van der Waals surface area (Å²) in [6, 6.07) is 7.91. The summed E-state index contributed by atoms with van der Waals surface area (Å²) in [7, 11) is 0. The molecule has 1 aromatic heterocycles. The monoisotopic (exact) mass is 381 g/mol. The van der Waals surface area contributed by atoms with Gasteiger partial charge in [-0.05, 0) is 50.3 Å². The van der Waals surface area contributed by atoms with Gasteiger partial charge in [-0.1, -0.05) is 12.1 Å². The summed E-state index contributed by atoms with van der Waals surface area (Å²) in [5.41, 5.74) is 1.97. The number of hydrogen-bond donors (Lipinski definition) is 0. The number of amides is 1. The summed E-state index contributed by atoms with van der Waals surface area (Å²) in [4.78, 5) is 24.0. The molecule has 1 amide bonds. The zero-order chi connectivity index (χ0) is 19.3. The molecule has 0 N–H and O–H groups in total. The highest BCUT2D eigenvalue weighted by Gasteiger charge is 2.32. The summed E-state index contributed by atoms with van der Waals surface area (Å²) in [5, 5.41) is 0. The molecule has 4 rings (SSSR count). The number of aromatic nitrogens is 2. The number of ether oxygens (including phenoxy) is 2. The van der Waals surface area contributed by atoms with Crippen molar-refractivity contribution in [2.24, 2.45) is 5.92 Å². The minimum Gasteiger partial charge on any atom is -0.437 e. The molecule has 6 heteroatoms. The number of nitrogens with zero attached hydrogens (tertiary/aromatic N) is 3. The van der Waals surface area contributed by atoms with E-state index in [9.17, 15) is 4.79 Å². The second kappa shape index (κ2) is 8.69. The molecule has 1 unspecified atom stereocenters. The van der Waals surface area contributed by atoms with Gasteiger partial charge in [0.05, 0.1) is 0 Å². The summed E-state index contributed by atoms with van der Waals surface area (Å²) < 4.78 is 11.5. The third kappa shape index (κ3) is 4.33. The lowest BCUT2D eigenvalue weighted by Crippen LogP contribution is -2.43. The fraction of sp³-hybridized carbons (Fsp3) is 0.500. The van der Waals surface area contributed by atoms with Gasteiger partial charge in [0.25, 0.3) is 0 Å². The van der Waals surface area contributed by atoms with Crippen LogP contribution in [0.2, 0.25) is 0 Å². The third-order valence-electron chi connectivity index (χ3n) is 5.59. The highest BCUT2D eigenvalue weighted by molar-refractivity contribution is 5.79. The lowest BCUT2D eigenvalue weighted by molar-refractivity contribution is -0.139. The Hall–Kier alpha value is -2.47. The maximum atomic E-state index is 12.9. The van der Waals surface area contributed by atoms with E-state index in [1.807, 2.05) is 36.1 Å². The van der Waals surface area contributed by atoms with E-state index in [0.29, 0.717) is 25.6 Å². The number of carbonyl (C=O) groups is 1. The number of rotatable bonds is 4. The molecule has 0 spiro atoms. The molecule has 2 aliphatic rings. The molecule has 2 aromatic rings. The van der Waals surface area contributed by atoms with Gasteiger partial charge in [0, 0.05) is 50.5 Å². The average molecular weight is 381 g/mol. The summed E-state index contributed by atoms with van der Waals surface area (Å²) in [5.74, 6) is 1.80. The van der Waals surface area contributed by atoms with Crippen molar-refractivity contribution in [1.82, 2.24) is 14.9 Å². The first-order valence-corrected chi connectivity index (χ1v) is 10.1. The predicted molar refractivity (Wildman–Crippen MR) is 105 cm³/mol. The Labute approximate surface area is 165 Å². The van der Waals surface area contributed by atoms with Crippen molar-refractivity contribution < 1.29 is 14.3 Å². The van der Waals surface area contributed by atoms with Crippen LogP contribution in [-0.2, 0) is 9.53 Å². The van der Waals surface area contributed by atoms with Crippen LogP contribution in [-0.4, -0.2) is 47.1 Å². The lowest BCUT2D eigenvalue weighted by Gasteiger charge is -2.35. The second-order valence-electron chi connectivity index (χ2n) is 7.68. The molecular formula is C22H27N3O3.